The van der Waals surface area contributed by atoms with Crippen LogP contribution in [0.1, 0.15) is 0 Å². The molecular formula is C15H9N5O. The average Bonchev–Trinajstić information content (AvgIpc) is 2.53. The zero-order chi connectivity index (χ0) is 14.4. The van der Waals surface area contributed by atoms with Crippen molar-refractivity contribution < 1.29 is 0 Å². The third-order valence-electron chi connectivity index (χ3n) is 3.51. The first-order valence-corrected chi connectivity index (χ1v) is 6.36. The molecule has 0 saturated heterocycles. The van der Waals surface area contributed by atoms with Crippen LogP contribution in [0.5, 0.6) is 0 Å². The van der Waals surface area contributed by atoms with Gasteiger partial charge in [-0.15, -0.1) is 5.11 Å². The highest BCUT2D eigenvalue weighted by Gasteiger charge is 2.10. The molecule has 0 aliphatic heterocycles. The lowest BCUT2D eigenvalue weighted by Crippen LogP contribution is -2.01. The van der Waals surface area contributed by atoms with Crippen LogP contribution in [-0.4, -0.2) is 15.2 Å². The fourth-order valence-corrected chi connectivity index (χ4v) is 2.56. The maximum Gasteiger partial charge on any atom is 0.225 e. The zero-order valence-electron chi connectivity index (χ0n) is 10.8. The smallest absolute Gasteiger partial charge is 0.225 e. The number of pyridine rings is 1. The van der Waals surface area contributed by atoms with Gasteiger partial charge in [-0.25, -0.2) is 10.5 Å². The predicted molar refractivity (Wildman–Crippen MR) is 80.0 cm³/mol. The van der Waals surface area contributed by atoms with Crippen molar-refractivity contribution in [3.05, 3.63) is 52.7 Å². The number of hydrogen-bond donors (Lipinski definition) is 2. The van der Waals surface area contributed by atoms with Gasteiger partial charge in [0.2, 0.25) is 11.2 Å². The highest BCUT2D eigenvalue weighted by molar-refractivity contribution is 6.16. The van der Waals surface area contributed by atoms with E-state index in [0.717, 1.165) is 27.2 Å². The number of rotatable bonds is 1. The van der Waals surface area contributed by atoms with Crippen LogP contribution in [-0.2, 0) is 0 Å². The minimum atomic E-state index is -0.350. The molecule has 0 saturated carbocycles. The summed E-state index contributed by atoms with van der Waals surface area (Å²) in [7, 11) is 0. The monoisotopic (exact) mass is 275 g/mol. The molecule has 0 unspecified atom stereocenters. The maximum atomic E-state index is 11.8. The summed E-state index contributed by atoms with van der Waals surface area (Å²) in [6.45, 7) is 0. The van der Waals surface area contributed by atoms with Crippen molar-refractivity contribution in [1.29, 1.82) is 5.53 Å². The molecule has 6 nitrogen and oxygen atoms in total. The van der Waals surface area contributed by atoms with Gasteiger partial charge in [0, 0.05) is 16.2 Å². The predicted octanol–water partition coefficient (Wildman–Crippen LogP) is 3.29. The molecule has 0 atom stereocenters. The average molecular weight is 275 g/mol. The van der Waals surface area contributed by atoms with Crippen LogP contribution in [0, 0.1) is 5.53 Å². The first kappa shape index (κ1) is 11.7. The van der Waals surface area contributed by atoms with Gasteiger partial charge < -0.3 is 0 Å². The molecule has 2 heterocycles. The molecule has 0 spiro atoms. The number of benzene rings is 2. The number of nitrogens with zero attached hydrogens (tertiary/aromatic N) is 3. The van der Waals surface area contributed by atoms with E-state index in [9.17, 15) is 4.79 Å². The number of fused-ring (bicyclic) bond motifs is 5. The highest BCUT2D eigenvalue weighted by Crippen LogP contribution is 2.28. The molecule has 2 N–H and O–H groups in total. The van der Waals surface area contributed by atoms with Crippen molar-refractivity contribution in [2.45, 2.75) is 0 Å². The molecule has 0 aliphatic rings. The molecule has 100 valence electrons. The van der Waals surface area contributed by atoms with E-state index in [4.69, 9.17) is 5.53 Å². The van der Waals surface area contributed by atoms with Gasteiger partial charge in [-0.3, -0.25) is 9.89 Å². The summed E-state index contributed by atoms with van der Waals surface area (Å²) in [4.78, 5) is 16.0. The third-order valence-corrected chi connectivity index (χ3v) is 3.51. The summed E-state index contributed by atoms with van der Waals surface area (Å²) in [5.74, 6) is -0.105. The minimum absolute atomic E-state index is 0.105. The van der Waals surface area contributed by atoms with Crippen molar-refractivity contribution in [3.8, 4) is 0 Å². The van der Waals surface area contributed by atoms with E-state index in [1.807, 2.05) is 30.3 Å². The van der Waals surface area contributed by atoms with Crippen molar-refractivity contribution >= 4 is 38.5 Å². The molecule has 4 aromatic rings. The molecular weight excluding hydrogens is 266 g/mol. The second-order valence-corrected chi connectivity index (χ2v) is 4.72. The van der Waals surface area contributed by atoms with Gasteiger partial charge >= 0.3 is 0 Å². The standard InChI is InChI=1S/C15H9N5O/c16-18-15-12(21)7-8-5-6-11-13(14(8)17-15)9-3-1-2-4-10(9)19-20-11/h1-7,16,19H. The number of aromatic nitrogens is 3. The van der Waals surface area contributed by atoms with E-state index in [-0.39, 0.29) is 11.2 Å². The summed E-state index contributed by atoms with van der Waals surface area (Å²) in [5.41, 5.74) is 8.99. The van der Waals surface area contributed by atoms with Gasteiger partial charge in [0.05, 0.1) is 16.6 Å². The number of aromatic amines is 1. The third kappa shape index (κ3) is 1.62. The molecule has 0 fully saturated rings. The fraction of sp³-hybridized carbons (Fsp3) is 0. The van der Waals surface area contributed by atoms with Gasteiger partial charge in [-0.2, -0.15) is 5.10 Å². The van der Waals surface area contributed by atoms with Gasteiger partial charge in [-0.1, -0.05) is 24.3 Å². The van der Waals surface area contributed by atoms with E-state index in [1.54, 1.807) is 6.07 Å². The molecule has 2 aromatic carbocycles. The second kappa shape index (κ2) is 4.17. The van der Waals surface area contributed by atoms with Crippen molar-refractivity contribution in [1.82, 2.24) is 15.2 Å². The molecule has 0 bridgehead atoms. The van der Waals surface area contributed by atoms with E-state index in [0.29, 0.717) is 5.52 Å². The lowest BCUT2D eigenvalue weighted by atomic mass is 10.1. The lowest BCUT2D eigenvalue weighted by molar-refractivity contribution is 1.09. The van der Waals surface area contributed by atoms with Crippen molar-refractivity contribution in [2.75, 3.05) is 0 Å². The first-order valence-electron chi connectivity index (χ1n) is 6.36. The molecule has 0 radical (unpaired) electrons. The number of hydrogen-bond acceptors (Lipinski definition) is 5. The van der Waals surface area contributed by atoms with Crippen LogP contribution in [0.15, 0.2) is 52.4 Å². The van der Waals surface area contributed by atoms with Crippen LogP contribution in [0.3, 0.4) is 0 Å². The van der Waals surface area contributed by atoms with Crippen molar-refractivity contribution in [3.63, 3.8) is 0 Å². The van der Waals surface area contributed by atoms with Gasteiger partial charge in [0.25, 0.3) is 0 Å². The molecule has 0 amide bonds. The molecule has 6 heteroatoms. The Hall–Kier alpha value is -3.15. The fourth-order valence-electron chi connectivity index (χ4n) is 2.56. The van der Waals surface area contributed by atoms with Gasteiger partial charge in [-0.05, 0) is 18.2 Å². The van der Waals surface area contributed by atoms with E-state index >= 15 is 0 Å². The van der Waals surface area contributed by atoms with Crippen molar-refractivity contribution in [2.24, 2.45) is 5.11 Å². The normalized spacial score (nSPS) is 11.2. The Labute approximate surface area is 118 Å². The second-order valence-electron chi connectivity index (χ2n) is 4.72. The van der Waals surface area contributed by atoms with Gasteiger partial charge in [0.1, 0.15) is 0 Å². The van der Waals surface area contributed by atoms with Crippen LogP contribution in [0.2, 0.25) is 0 Å². The summed E-state index contributed by atoms with van der Waals surface area (Å²) < 4.78 is 0. The number of para-hydroxylation sites is 1. The van der Waals surface area contributed by atoms with E-state index in [1.165, 1.54) is 6.07 Å². The quantitative estimate of drug-likeness (QED) is 0.412. The Morgan fingerprint density at radius 2 is 2.00 bits per heavy atom. The molecule has 2 aromatic heterocycles. The maximum absolute atomic E-state index is 11.8. The van der Waals surface area contributed by atoms with E-state index in [2.05, 4.69) is 20.3 Å². The zero-order valence-corrected chi connectivity index (χ0v) is 10.8. The number of nitrogens with one attached hydrogen (secondary N) is 2. The van der Waals surface area contributed by atoms with Crippen LogP contribution >= 0.6 is 0 Å². The molecule has 0 aliphatic carbocycles. The lowest BCUT2D eigenvalue weighted by Gasteiger charge is -2.06. The Morgan fingerprint density at radius 3 is 2.86 bits per heavy atom. The summed E-state index contributed by atoms with van der Waals surface area (Å²) >= 11 is 0. The van der Waals surface area contributed by atoms with Crippen LogP contribution < -0.4 is 5.43 Å². The van der Waals surface area contributed by atoms with E-state index < -0.39 is 0 Å². The highest BCUT2D eigenvalue weighted by atomic mass is 16.1. The Morgan fingerprint density at radius 1 is 1.14 bits per heavy atom. The number of H-pyrrole nitrogens is 1. The van der Waals surface area contributed by atoms with Gasteiger partial charge in [0.15, 0.2) is 0 Å². The summed E-state index contributed by atoms with van der Waals surface area (Å²) in [5, 5.41) is 13.1. The Kier molecular flexibility index (Phi) is 2.32. The Balaban J connectivity index is 2.34. The Bertz CT molecular complexity index is 1080. The molecule has 21 heavy (non-hydrogen) atoms. The first-order chi connectivity index (χ1) is 10.3. The minimum Gasteiger partial charge on any atom is -0.286 e. The largest absolute Gasteiger partial charge is 0.286 e. The van der Waals surface area contributed by atoms with Crippen LogP contribution in [0.4, 0.5) is 5.82 Å². The van der Waals surface area contributed by atoms with Crippen LogP contribution in [0.25, 0.3) is 32.7 Å². The topological polar surface area (TPSA) is 94.8 Å². The summed E-state index contributed by atoms with van der Waals surface area (Å²) in [6, 6.07) is 12.9. The molecule has 4 rings (SSSR count). The summed E-state index contributed by atoms with van der Waals surface area (Å²) in [6.07, 6.45) is 0. The SMILES string of the molecule is N=Nc1nc2c(ccc3n[nH]c4ccccc4c32)cc1=O.